The first-order valence-electron chi connectivity index (χ1n) is 10.4. The normalized spacial score (nSPS) is 17.3. The lowest BCUT2D eigenvalue weighted by molar-refractivity contribution is -0.122. The van der Waals surface area contributed by atoms with Crippen LogP contribution < -0.4 is 14.8 Å². The molecular weight excluding hydrogens is 400 g/mol. The summed E-state index contributed by atoms with van der Waals surface area (Å²) in [6.07, 6.45) is 0. The third-order valence-corrected chi connectivity index (χ3v) is 6.27. The molecule has 1 fully saturated rings. The molecule has 4 rings (SSSR count). The molecule has 1 amide bonds. The Bertz CT molecular complexity index is 885. The van der Waals surface area contributed by atoms with Gasteiger partial charge in [0.15, 0.2) is 11.5 Å². The van der Waals surface area contributed by atoms with Crippen LogP contribution in [0.25, 0.3) is 0 Å². The van der Waals surface area contributed by atoms with Gasteiger partial charge >= 0.3 is 0 Å². The average molecular weight is 431 g/mol. The van der Waals surface area contributed by atoms with Gasteiger partial charge in [0.2, 0.25) is 12.7 Å². The van der Waals surface area contributed by atoms with Crippen LogP contribution in [0.5, 0.6) is 11.5 Å². The van der Waals surface area contributed by atoms with E-state index in [0.717, 1.165) is 49.8 Å². The fraction of sp³-hybridized carbons (Fsp3) is 0.545. The van der Waals surface area contributed by atoms with Crippen LogP contribution in [0, 0.1) is 0 Å². The largest absolute Gasteiger partial charge is 0.454 e. The third kappa shape index (κ3) is 5.30. The van der Waals surface area contributed by atoms with E-state index < -0.39 is 0 Å². The second-order valence-corrected chi connectivity index (χ2v) is 9.84. The molecule has 0 unspecified atom stereocenters. The van der Waals surface area contributed by atoms with Gasteiger partial charge in [0.25, 0.3) is 0 Å². The van der Waals surface area contributed by atoms with E-state index in [9.17, 15) is 4.79 Å². The first-order chi connectivity index (χ1) is 14.4. The van der Waals surface area contributed by atoms with Crippen molar-refractivity contribution in [2.45, 2.75) is 39.3 Å². The molecule has 0 bridgehead atoms. The summed E-state index contributed by atoms with van der Waals surface area (Å²) < 4.78 is 10.7. The first kappa shape index (κ1) is 21.1. The summed E-state index contributed by atoms with van der Waals surface area (Å²) in [7, 11) is 0. The molecule has 30 heavy (non-hydrogen) atoms. The SMILES string of the molecule is CC(C)(C)c1csc(CN2CCN(CC(=O)NCc3ccc4c(c3)OCO4)CC2)n1. The molecule has 1 aromatic heterocycles. The minimum Gasteiger partial charge on any atom is -0.454 e. The highest BCUT2D eigenvalue weighted by atomic mass is 32.1. The number of hydrogen-bond acceptors (Lipinski definition) is 7. The summed E-state index contributed by atoms with van der Waals surface area (Å²) in [5.41, 5.74) is 2.28. The van der Waals surface area contributed by atoms with Crippen LogP contribution in [0.15, 0.2) is 23.6 Å². The van der Waals surface area contributed by atoms with Crippen LogP contribution >= 0.6 is 11.3 Å². The summed E-state index contributed by atoms with van der Waals surface area (Å²) in [5, 5.41) is 6.36. The average Bonchev–Trinajstić information content (AvgIpc) is 3.36. The maximum atomic E-state index is 12.4. The van der Waals surface area contributed by atoms with E-state index in [2.05, 4.69) is 41.3 Å². The summed E-state index contributed by atoms with van der Waals surface area (Å²) >= 11 is 1.75. The number of nitrogens with one attached hydrogen (secondary N) is 1. The number of ether oxygens (including phenoxy) is 2. The maximum absolute atomic E-state index is 12.4. The molecule has 162 valence electrons. The number of carbonyl (C=O) groups is 1. The Morgan fingerprint density at radius 3 is 2.60 bits per heavy atom. The number of rotatable bonds is 6. The molecular formula is C22H30N4O3S. The molecule has 0 aliphatic carbocycles. The van der Waals surface area contributed by atoms with Crippen molar-refractivity contribution in [2.24, 2.45) is 0 Å². The first-order valence-corrected chi connectivity index (χ1v) is 11.3. The van der Waals surface area contributed by atoms with Gasteiger partial charge in [-0.1, -0.05) is 26.8 Å². The lowest BCUT2D eigenvalue weighted by Gasteiger charge is -2.33. The van der Waals surface area contributed by atoms with Gasteiger partial charge in [0.1, 0.15) is 5.01 Å². The Morgan fingerprint density at radius 1 is 1.13 bits per heavy atom. The predicted octanol–water partition coefficient (Wildman–Crippen LogP) is 2.60. The van der Waals surface area contributed by atoms with Crippen LogP contribution in [0.4, 0.5) is 0 Å². The molecule has 3 heterocycles. The van der Waals surface area contributed by atoms with E-state index in [-0.39, 0.29) is 18.1 Å². The molecule has 7 nitrogen and oxygen atoms in total. The van der Waals surface area contributed by atoms with Crippen molar-refractivity contribution in [3.05, 3.63) is 39.8 Å². The van der Waals surface area contributed by atoms with Gasteiger partial charge < -0.3 is 14.8 Å². The van der Waals surface area contributed by atoms with Crippen molar-refractivity contribution < 1.29 is 14.3 Å². The summed E-state index contributed by atoms with van der Waals surface area (Å²) in [6, 6.07) is 5.76. The van der Waals surface area contributed by atoms with E-state index in [1.807, 2.05) is 18.2 Å². The number of benzene rings is 1. The van der Waals surface area contributed by atoms with Crippen LogP contribution in [-0.4, -0.2) is 60.2 Å². The summed E-state index contributed by atoms with van der Waals surface area (Å²) in [6.45, 7) is 12.4. The van der Waals surface area contributed by atoms with E-state index in [0.29, 0.717) is 13.1 Å². The minimum atomic E-state index is 0.0517. The van der Waals surface area contributed by atoms with E-state index >= 15 is 0 Å². The number of fused-ring (bicyclic) bond motifs is 1. The molecule has 2 aliphatic heterocycles. The Labute approximate surface area is 182 Å². The minimum absolute atomic E-state index is 0.0517. The quantitative estimate of drug-likeness (QED) is 0.760. The zero-order valence-electron chi connectivity index (χ0n) is 17.9. The molecule has 8 heteroatoms. The Morgan fingerprint density at radius 2 is 1.87 bits per heavy atom. The molecule has 0 saturated carbocycles. The van der Waals surface area contributed by atoms with Gasteiger partial charge in [-0.3, -0.25) is 14.6 Å². The highest BCUT2D eigenvalue weighted by Crippen LogP contribution is 2.32. The smallest absolute Gasteiger partial charge is 0.234 e. The molecule has 1 saturated heterocycles. The highest BCUT2D eigenvalue weighted by molar-refractivity contribution is 7.09. The lowest BCUT2D eigenvalue weighted by atomic mass is 9.93. The van der Waals surface area contributed by atoms with Crippen molar-refractivity contribution in [3.63, 3.8) is 0 Å². The topological polar surface area (TPSA) is 66.9 Å². The second-order valence-electron chi connectivity index (χ2n) is 8.89. The molecule has 1 aromatic carbocycles. The molecule has 2 aliphatic rings. The summed E-state index contributed by atoms with van der Waals surface area (Å²) in [4.78, 5) is 21.8. The van der Waals surface area contributed by atoms with Crippen molar-refractivity contribution >= 4 is 17.2 Å². The van der Waals surface area contributed by atoms with Crippen molar-refractivity contribution in [1.29, 1.82) is 0 Å². The number of amides is 1. The van der Waals surface area contributed by atoms with Crippen molar-refractivity contribution in [3.8, 4) is 11.5 Å². The fourth-order valence-electron chi connectivity index (χ4n) is 3.54. The van der Waals surface area contributed by atoms with E-state index in [1.165, 1.54) is 10.7 Å². The zero-order valence-corrected chi connectivity index (χ0v) is 18.8. The molecule has 1 N–H and O–H groups in total. The third-order valence-electron chi connectivity index (χ3n) is 5.44. The maximum Gasteiger partial charge on any atom is 0.234 e. The second kappa shape index (κ2) is 8.91. The molecule has 2 aromatic rings. The number of piperazine rings is 1. The van der Waals surface area contributed by atoms with Gasteiger partial charge in [-0.05, 0) is 17.7 Å². The van der Waals surface area contributed by atoms with Crippen LogP contribution in [-0.2, 0) is 23.3 Å². The number of thiazole rings is 1. The van der Waals surface area contributed by atoms with Gasteiger partial charge in [-0.25, -0.2) is 4.98 Å². The van der Waals surface area contributed by atoms with Gasteiger partial charge in [-0.2, -0.15) is 0 Å². The van der Waals surface area contributed by atoms with E-state index in [1.54, 1.807) is 11.3 Å². The van der Waals surface area contributed by atoms with Gasteiger partial charge in [0, 0.05) is 43.5 Å². The number of hydrogen-bond donors (Lipinski definition) is 1. The van der Waals surface area contributed by atoms with Crippen LogP contribution in [0.1, 0.15) is 37.0 Å². The number of carbonyl (C=O) groups excluding carboxylic acids is 1. The summed E-state index contributed by atoms with van der Waals surface area (Å²) in [5.74, 6) is 1.55. The van der Waals surface area contributed by atoms with E-state index in [4.69, 9.17) is 14.5 Å². The van der Waals surface area contributed by atoms with Crippen LogP contribution in [0.3, 0.4) is 0 Å². The standard InChI is InChI=1S/C22H30N4O3S/c1-22(2,3)19-14-30-21(24-19)13-26-8-6-25(7-9-26)12-20(27)23-11-16-4-5-17-18(10-16)29-15-28-17/h4-5,10,14H,6-9,11-13,15H2,1-3H3,(H,23,27). The Hall–Kier alpha value is -2.16. The molecule has 0 spiro atoms. The molecule has 0 atom stereocenters. The number of aromatic nitrogens is 1. The molecule has 0 radical (unpaired) electrons. The monoisotopic (exact) mass is 430 g/mol. The number of nitrogens with zero attached hydrogens (tertiary/aromatic N) is 3. The van der Waals surface area contributed by atoms with Gasteiger partial charge in [0.05, 0.1) is 18.8 Å². The lowest BCUT2D eigenvalue weighted by Crippen LogP contribution is -2.49. The Balaban J connectivity index is 1.18. The highest BCUT2D eigenvalue weighted by Gasteiger charge is 2.22. The van der Waals surface area contributed by atoms with Gasteiger partial charge in [-0.15, -0.1) is 11.3 Å². The zero-order chi connectivity index (χ0) is 21.1. The fourth-order valence-corrected chi connectivity index (χ4v) is 4.60. The predicted molar refractivity (Wildman–Crippen MR) is 117 cm³/mol. The Kier molecular flexibility index (Phi) is 6.26. The van der Waals surface area contributed by atoms with Crippen LogP contribution in [0.2, 0.25) is 0 Å². The van der Waals surface area contributed by atoms with Crippen molar-refractivity contribution in [2.75, 3.05) is 39.5 Å². The van der Waals surface area contributed by atoms with Crippen molar-refractivity contribution in [1.82, 2.24) is 20.1 Å².